The first-order valence-corrected chi connectivity index (χ1v) is 8.02. The third kappa shape index (κ3) is 1.93. The average molecular weight is 263 g/mol. The van der Waals surface area contributed by atoms with Crippen molar-refractivity contribution in [1.29, 1.82) is 0 Å². The number of nitrogens with zero attached hydrogens (tertiary/aromatic N) is 1. The fourth-order valence-electron chi connectivity index (χ4n) is 4.98. The van der Waals surface area contributed by atoms with Crippen LogP contribution < -0.4 is 0 Å². The topological polar surface area (TPSA) is 37.4 Å². The van der Waals surface area contributed by atoms with Gasteiger partial charge in [0, 0.05) is 30.8 Å². The van der Waals surface area contributed by atoms with E-state index in [2.05, 4.69) is 11.8 Å². The molecule has 3 heteroatoms. The predicted octanol–water partition coefficient (Wildman–Crippen LogP) is 2.93. The van der Waals surface area contributed by atoms with E-state index in [1.165, 1.54) is 0 Å². The van der Waals surface area contributed by atoms with Crippen LogP contribution in [0.15, 0.2) is 0 Å². The van der Waals surface area contributed by atoms with Gasteiger partial charge in [-0.1, -0.05) is 13.3 Å². The molecule has 0 unspecified atom stereocenters. The summed E-state index contributed by atoms with van der Waals surface area (Å²) in [4.78, 5) is 26.8. The van der Waals surface area contributed by atoms with Gasteiger partial charge in [0.25, 0.3) is 0 Å². The van der Waals surface area contributed by atoms with E-state index in [1.54, 1.807) is 0 Å². The molecule has 0 bridgehead atoms. The first-order valence-electron chi connectivity index (χ1n) is 8.02. The van der Waals surface area contributed by atoms with E-state index in [4.69, 9.17) is 0 Å². The van der Waals surface area contributed by atoms with Crippen molar-refractivity contribution in [2.45, 2.75) is 70.3 Å². The molecule has 3 nitrogen and oxygen atoms in total. The van der Waals surface area contributed by atoms with Crippen molar-refractivity contribution in [3.05, 3.63) is 0 Å². The summed E-state index contributed by atoms with van der Waals surface area (Å²) >= 11 is 0. The third-order valence-corrected chi connectivity index (χ3v) is 5.73. The van der Waals surface area contributed by atoms with Crippen LogP contribution in [0.4, 0.5) is 0 Å². The van der Waals surface area contributed by atoms with Crippen molar-refractivity contribution in [3.8, 4) is 0 Å². The summed E-state index contributed by atoms with van der Waals surface area (Å²) in [5.41, 5.74) is 0.0569. The molecule has 0 radical (unpaired) electrons. The number of amides is 1. The molecule has 0 N–H and O–H groups in total. The van der Waals surface area contributed by atoms with Crippen LogP contribution in [0.3, 0.4) is 0 Å². The minimum atomic E-state index is 0.0569. The summed E-state index contributed by atoms with van der Waals surface area (Å²) in [5.74, 6) is 1.50. The number of ketones is 1. The quantitative estimate of drug-likeness (QED) is 0.768. The SMILES string of the molecule is CCC[C@@H]1C(=O)CC[C@]23CCCN2C(=O)CCC[C@H]13. The van der Waals surface area contributed by atoms with Gasteiger partial charge in [-0.2, -0.15) is 0 Å². The summed E-state index contributed by atoms with van der Waals surface area (Å²) in [7, 11) is 0. The Hall–Kier alpha value is -0.860. The first kappa shape index (κ1) is 13.1. The number of Topliss-reactive ketones (excluding diaryl/α,β-unsaturated/α-hetero) is 1. The van der Waals surface area contributed by atoms with Crippen molar-refractivity contribution in [2.75, 3.05) is 6.54 Å². The molecule has 1 saturated carbocycles. The number of carbonyl (C=O) groups is 2. The molecule has 1 aliphatic carbocycles. The lowest BCUT2D eigenvalue weighted by Crippen LogP contribution is -2.56. The summed E-state index contributed by atoms with van der Waals surface area (Å²) in [6.45, 7) is 3.10. The smallest absolute Gasteiger partial charge is 0.223 e. The molecular weight excluding hydrogens is 238 g/mol. The Morgan fingerprint density at radius 3 is 2.84 bits per heavy atom. The molecular formula is C16H25NO2. The normalized spacial score (nSPS) is 38.9. The minimum Gasteiger partial charge on any atom is -0.337 e. The highest BCUT2D eigenvalue weighted by molar-refractivity contribution is 5.84. The van der Waals surface area contributed by atoms with Crippen molar-refractivity contribution >= 4 is 11.7 Å². The van der Waals surface area contributed by atoms with Gasteiger partial charge in [0.05, 0.1) is 0 Å². The summed E-state index contributed by atoms with van der Waals surface area (Å²) in [6.07, 6.45) is 8.77. The second-order valence-electron chi connectivity index (χ2n) is 6.61. The lowest BCUT2D eigenvalue weighted by molar-refractivity contribution is -0.144. The largest absolute Gasteiger partial charge is 0.337 e. The van der Waals surface area contributed by atoms with Gasteiger partial charge < -0.3 is 4.90 Å². The zero-order chi connectivity index (χ0) is 13.5. The fourth-order valence-corrected chi connectivity index (χ4v) is 4.98. The molecule has 1 spiro atoms. The van der Waals surface area contributed by atoms with E-state index < -0.39 is 0 Å². The van der Waals surface area contributed by atoms with Crippen LogP contribution >= 0.6 is 0 Å². The number of rotatable bonds is 2. The molecule has 0 aromatic heterocycles. The number of carbonyl (C=O) groups excluding carboxylic acids is 2. The fraction of sp³-hybridized carbons (Fsp3) is 0.875. The van der Waals surface area contributed by atoms with Gasteiger partial charge in [0.15, 0.2) is 0 Å². The average Bonchev–Trinajstić information content (AvgIpc) is 2.76. The summed E-state index contributed by atoms with van der Waals surface area (Å²) < 4.78 is 0. The van der Waals surface area contributed by atoms with Gasteiger partial charge >= 0.3 is 0 Å². The van der Waals surface area contributed by atoms with Crippen LogP contribution in [0.25, 0.3) is 0 Å². The van der Waals surface area contributed by atoms with Crippen LogP contribution in [0, 0.1) is 11.8 Å². The molecule has 2 heterocycles. The van der Waals surface area contributed by atoms with Crippen LogP contribution in [-0.4, -0.2) is 28.7 Å². The number of hydrogen-bond acceptors (Lipinski definition) is 2. The Bertz CT molecular complexity index is 392. The zero-order valence-corrected chi connectivity index (χ0v) is 12.0. The van der Waals surface area contributed by atoms with Gasteiger partial charge in [-0.25, -0.2) is 0 Å². The first-order chi connectivity index (χ1) is 9.19. The highest BCUT2D eigenvalue weighted by atomic mass is 16.2. The highest BCUT2D eigenvalue weighted by Crippen LogP contribution is 2.51. The monoisotopic (exact) mass is 263 g/mol. The van der Waals surface area contributed by atoms with Crippen LogP contribution in [0.2, 0.25) is 0 Å². The van der Waals surface area contributed by atoms with E-state index in [-0.39, 0.29) is 11.5 Å². The van der Waals surface area contributed by atoms with Gasteiger partial charge in [-0.15, -0.1) is 0 Å². The minimum absolute atomic E-state index is 0.0569. The Balaban J connectivity index is 1.96. The highest BCUT2D eigenvalue weighted by Gasteiger charge is 2.55. The number of hydrogen-bond donors (Lipinski definition) is 0. The standard InChI is InChI=1S/C16H25NO2/c1-2-5-12-13-6-3-7-15(19)17-11-4-9-16(13,17)10-8-14(12)18/h12-13H,2-11H2,1H3/t12-,13+,16-/m0/s1. The molecule has 3 atom stereocenters. The Labute approximate surface area is 115 Å². The molecule has 2 saturated heterocycles. The van der Waals surface area contributed by atoms with E-state index in [1.807, 2.05) is 0 Å². The van der Waals surface area contributed by atoms with Crippen LogP contribution in [0.5, 0.6) is 0 Å². The maximum atomic E-state index is 12.3. The molecule has 3 fully saturated rings. The maximum Gasteiger partial charge on any atom is 0.223 e. The Kier molecular flexibility index (Phi) is 3.40. The lowest BCUT2D eigenvalue weighted by atomic mass is 9.63. The summed E-state index contributed by atoms with van der Waals surface area (Å²) in [6, 6.07) is 0. The van der Waals surface area contributed by atoms with Crippen LogP contribution in [0.1, 0.15) is 64.7 Å². The molecule has 3 aliphatic rings. The van der Waals surface area contributed by atoms with Crippen molar-refractivity contribution in [3.63, 3.8) is 0 Å². The molecule has 19 heavy (non-hydrogen) atoms. The van der Waals surface area contributed by atoms with Crippen molar-refractivity contribution in [1.82, 2.24) is 4.90 Å². The van der Waals surface area contributed by atoms with E-state index in [0.29, 0.717) is 30.4 Å². The van der Waals surface area contributed by atoms with Gasteiger partial charge in [-0.05, 0) is 44.4 Å². The lowest BCUT2D eigenvalue weighted by Gasteiger charge is -2.49. The van der Waals surface area contributed by atoms with E-state index in [0.717, 1.165) is 51.5 Å². The molecule has 1 amide bonds. The van der Waals surface area contributed by atoms with Crippen molar-refractivity contribution in [2.24, 2.45) is 11.8 Å². The Morgan fingerprint density at radius 2 is 2.05 bits per heavy atom. The van der Waals surface area contributed by atoms with Crippen molar-refractivity contribution < 1.29 is 9.59 Å². The maximum absolute atomic E-state index is 12.3. The van der Waals surface area contributed by atoms with E-state index >= 15 is 0 Å². The molecule has 106 valence electrons. The van der Waals surface area contributed by atoms with Crippen LogP contribution in [-0.2, 0) is 9.59 Å². The summed E-state index contributed by atoms with van der Waals surface area (Å²) in [5, 5.41) is 0. The van der Waals surface area contributed by atoms with Gasteiger partial charge in [-0.3, -0.25) is 9.59 Å². The van der Waals surface area contributed by atoms with Gasteiger partial charge in [0.2, 0.25) is 5.91 Å². The zero-order valence-electron chi connectivity index (χ0n) is 12.0. The second-order valence-corrected chi connectivity index (χ2v) is 6.61. The van der Waals surface area contributed by atoms with Gasteiger partial charge in [0.1, 0.15) is 5.78 Å². The third-order valence-electron chi connectivity index (χ3n) is 5.73. The molecule has 2 aliphatic heterocycles. The van der Waals surface area contributed by atoms with E-state index in [9.17, 15) is 9.59 Å². The second kappa shape index (κ2) is 4.92. The molecule has 3 rings (SSSR count). The predicted molar refractivity (Wildman–Crippen MR) is 73.7 cm³/mol. The Morgan fingerprint density at radius 1 is 1.21 bits per heavy atom. The molecule has 0 aromatic rings. The molecule has 0 aromatic carbocycles.